The van der Waals surface area contributed by atoms with Crippen molar-refractivity contribution in [3.8, 4) is 11.5 Å². The molecule has 1 aromatic heterocycles. The first-order valence-corrected chi connectivity index (χ1v) is 12.5. The minimum Gasteiger partial charge on any atom is -0.493 e. The fourth-order valence-electron chi connectivity index (χ4n) is 5.49. The van der Waals surface area contributed by atoms with Gasteiger partial charge in [0, 0.05) is 23.9 Å². The Kier molecular flexibility index (Phi) is 5.71. The fraction of sp³-hybridized carbons (Fsp3) is 0.241. The summed E-state index contributed by atoms with van der Waals surface area (Å²) in [6.45, 7) is 2.86. The number of hydrogen-bond acceptors (Lipinski definition) is 5. The Morgan fingerprint density at radius 3 is 2.70 bits per heavy atom. The Balaban J connectivity index is 1.24. The lowest BCUT2D eigenvalue weighted by Gasteiger charge is -2.21. The molecular formula is C29H29N5O3. The lowest BCUT2D eigenvalue weighted by atomic mass is 9.96. The maximum Gasteiger partial charge on any atom is 0.338 e. The van der Waals surface area contributed by atoms with Crippen LogP contribution >= 0.6 is 0 Å². The molecule has 8 nitrogen and oxygen atoms in total. The van der Waals surface area contributed by atoms with Crippen molar-refractivity contribution >= 4 is 40.1 Å². The summed E-state index contributed by atoms with van der Waals surface area (Å²) in [4.78, 5) is 13.1. The largest absolute Gasteiger partial charge is 0.493 e. The van der Waals surface area contributed by atoms with Crippen molar-refractivity contribution in [3.05, 3.63) is 77.5 Å². The first kappa shape index (κ1) is 23.0. The van der Waals surface area contributed by atoms with Gasteiger partial charge in [0.1, 0.15) is 0 Å². The second-order valence-corrected chi connectivity index (χ2v) is 9.26. The van der Waals surface area contributed by atoms with Gasteiger partial charge in [-0.2, -0.15) is 5.10 Å². The van der Waals surface area contributed by atoms with Gasteiger partial charge in [-0.05, 0) is 53.8 Å². The Morgan fingerprint density at radius 1 is 1.08 bits per heavy atom. The Hall–Kier alpha value is -4.46. The predicted molar refractivity (Wildman–Crippen MR) is 146 cm³/mol. The van der Waals surface area contributed by atoms with E-state index in [4.69, 9.17) is 14.6 Å². The van der Waals surface area contributed by atoms with Gasteiger partial charge in [0.05, 0.1) is 43.0 Å². The molecule has 2 heterocycles. The van der Waals surface area contributed by atoms with Gasteiger partial charge < -0.3 is 14.8 Å². The highest BCUT2D eigenvalue weighted by atomic mass is 16.5. The number of amides is 2. The molecule has 188 valence electrons. The minimum atomic E-state index is -0.318. The summed E-state index contributed by atoms with van der Waals surface area (Å²) in [6.07, 6.45) is 5.83. The highest BCUT2D eigenvalue weighted by molar-refractivity contribution is 6.02. The van der Waals surface area contributed by atoms with Crippen LogP contribution in [0.1, 0.15) is 36.0 Å². The number of benzene rings is 3. The van der Waals surface area contributed by atoms with Crippen molar-refractivity contribution in [2.24, 2.45) is 0 Å². The van der Waals surface area contributed by atoms with Gasteiger partial charge >= 0.3 is 6.03 Å². The van der Waals surface area contributed by atoms with Gasteiger partial charge in [-0.1, -0.05) is 37.3 Å². The number of nitrogens with one attached hydrogen (secondary N) is 2. The van der Waals surface area contributed by atoms with Gasteiger partial charge in [-0.25, -0.2) is 14.9 Å². The highest BCUT2D eigenvalue weighted by Crippen LogP contribution is 2.42. The second-order valence-electron chi connectivity index (χ2n) is 9.26. The van der Waals surface area contributed by atoms with E-state index in [1.165, 1.54) is 11.1 Å². The van der Waals surface area contributed by atoms with Crippen LogP contribution in [0.3, 0.4) is 0 Å². The number of aromatic nitrogens is 2. The van der Waals surface area contributed by atoms with Crippen LogP contribution in [0.5, 0.6) is 11.5 Å². The predicted octanol–water partition coefficient (Wildman–Crippen LogP) is 5.66. The van der Waals surface area contributed by atoms with Crippen LogP contribution in [0.25, 0.3) is 22.7 Å². The number of nitrogens with zero attached hydrogens (tertiary/aromatic N) is 3. The molecule has 0 radical (unpaired) electrons. The first-order chi connectivity index (χ1) is 18.1. The van der Waals surface area contributed by atoms with E-state index < -0.39 is 0 Å². The standard InChI is InChI=1S/C29H29N5O3/c1-4-20-21-9-6-5-8-18(21)14-26(20)34-24-11-7-10-23(22(24)17-30-34)31-29(35)32-33-13-12-19-15-27(36-2)28(37-3)16-25(19)33/h5-11,14-17,20H,4,12-13H2,1-3H3,(H2,31,32,35). The molecule has 1 aliphatic carbocycles. The van der Waals surface area contributed by atoms with Gasteiger partial charge in [0.15, 0.2) is 11.5 Å². The van der Waals surface area contributed by atoms with Crippen LogP contribution in [0.4, 0.5) is 16.2 Å². The molecule has 0 fully saturated rings. The third kappa shape index (κ3) is 3.85. The van der Waals surface area contributed by atoms with Gasteiger partial charge in [0.2, 0.25) is 0 Å². The molecule has 2 aliphatic rings. The summed E-state index contributed by atoms with van der Waals surface area (Å²) in [5, 5.41) is 10.5. The third-order valence-corrected chi connectivity index (χ3v) is 7.26. The molecule has 1 aliphatic heterocycles. The number of anilines is 2. The van der Waals surface area contributed by atoms with Gasteiger partial charge in [-0.15, -0.1) is 0 Å². The molecule has 0 saturated heterocycles. The minimum absolute atomic E-state index is 0.282. The zero-order valence-corrected chi connectivity index (χ0v) is 21.1. The van der Waals surface area contributed by atoms with E-state index in [0.29, 0.717) is 23.7 Å². The summed E-state index contributed by atoms with van der Waals surface area (Å²) >= 11 is 0. The summed E-state index contributed by atoms with van der Waals surface area (Å²) in [6, 6.07) is 17.9. The summed E-state index contributed by atoms with van der Waals surface area (Å²) < 4.78 is 12.9. The van der Waals surface area contributed by atoms with E-state index >= 15 is 0 Å². The molecular weight excluding hydrogens is 466 g/mol. The van der Waals surface area contributed by atoms with Gasteiger partial charge in [-0.3, -0.25) is 5.01 Å². The van der Waals surface area contributed by atoms with E-state index in [1.807, 2.05) is 46.2 Å². The number of hydrazine groups is 1. The van der Waals surface area contributed by atoms with Crippen LogP contribution < -0.4 is 25.2 Å². The van der Waals surface area contributed by atoms with E-state index in [2.05, 4.69) is 48.0 Å². The van der Waals surface area contributed by atoms with E-state index in [1.54, 1.807) is 14.2 Å². The zero-order valence-electron chi connectivity index (χ0n) is 21.1. The van der Waals surface area contributed by atoms with Crippen LogP contribution in [0.2, 0.25) is 0 Å². The molecule has 1 unspecified atom stereocenters. The summed E-state index contributed by atoms with van der Waals surface area (Å²) in [5.74, 6) is 1.59. The van der Waals surface area contributed by atoms with Crippen LogP contribution in [-0.4, -0.2) is 36.6 Å². The molecule has 4 aromatic rings. The number of carbonyl (C=O) groups is 1. The smallest absolute Gasteiger partial charge is 0.338 e. The van der Waals surface area contributed by atoms with Crippen molar-refractivity contribution in [2.75, 3.05) is 31.1 Å². The number of rotatable bonds is 6. The van der Waals surface area contributed by atoms with Crippen molar-refractivity contribution in [1.29, 1.82) is 0 Å². The quantitative estimate of drug-likeness (QED) is 0.361. The number of methoxy groups -OCH3 is 2. The van der Waals surface area contributed by atoms with Crippen molar-refractivity contribution in [2.45, 2.75) is 25.7 Å². The average Bonchev–Trinajstić information content (AvgIpc) is 3.62. The average molecular weight is 496 g/mol. The number of fused-ring (bicyclic) bond motifs is 3. The summed E-state index contributed by atoms with van der Waals surface area (Å²) in [7, 11) is 3.23. The number of ether oxygens (including phenoxy) is 2. The molecule has 2 amide bonds. The molecule has 6 rings (SSSR count). The molecule has 8 heteroatoms. The topological polar surface area (TPSA) is 80.7 Å². The number of urea groups is 1. The van der Waals surface area contributed by atoms with E-state index in [9.17, 15) is 4.79 Å². The van der Waals surface area contributed by atoms with Crippen molar-refractivity contribution < 1.29 is 14.3 Å². The van der Waals surface area contributed by atoms with E-state index in [-0.39, 0.29) is 11.9 Å². The molecule has 0 spiro atoms. The molecule has 0 bridgehead atoms. The zero-order chi connectivity index (χ0) is 25.5. The first-order valence-electron chi connectivity index (χ1n) is 12.5. The highest BCUT2D eigenvalue weighted by Gasteiger charge is 2.27. The third-order valence-electron chi connectivity index (χ3n) is 7.26. The fourth-order valence-corrected chi connectivity index (χ4v) is 5.49. The summed E-state index contributed by atoms with van der Waals surface area (Å²) in [5.41, 5.74) is 10.4. The van der Waals surface area contributed by atoms with Crippen LogP contribution in [-0.2, 0) is 6.42 Å². The Morgan fingerprint density at radius 2 is 1.89 bits per heavy atom. The second kappa shape index (κ2) is 9.20. The number of hydrogen-bond donors (Lipinski definition) is 2. The van der Waals surface area contributed by atoms with Crippen LogP contribution in [0, 0.1) is 0 Å². The molecule has 0 saturated carbocycles. The van der Waals surface area contributed by atoms with Gasteiger partial charge in [0.25, 0.3) is 0 Å². The number of allylic oxidation sites excluding steroid dienone is 1. The Labute approximate surface area is 215 Å². The molecule has 1 atom stereocenters. The molecule has 2 N–H and O–H groups in total. The SMILES string of the molecule is CCC1C(n2ncc3c(NC(=O)NN4CCc5cc(OC)c(OC)cc54)cccc32)=Cc2ccccc21. The lowest BCUT2D eigenvalue weighted by molar-refractivity contribution is 0.251. The lowest BCUT2D eigenvalue weighted by Crippen LogP contribution is -2.43. The van der Waals surface area contributed by atoms with Crippen molar-refractivity contribution in [1.82, 2.24) is 15.2 Å². The Bertz CT molecular complexity index is 1540. The normalized spacial score (nSPS) is 15.8. The number of carbonyl (C=O) groups excluding carboxylic acids is 1. The van der Waals surface area contributed by atoms with Crippen LogP contribution in [0.15, 0.2) is 60.8 Å². The maximum atomic E-state index is 13.1. The van der Waals surface area contributed by atoms with Crippen molar-refractivity contribution in [3.63, 3.8) is 0 Å². The monoisotopic (exact) mass is 495 g/mol. The molecule has 3 aromatic carbocycles. The maximum absolute atomic E-state index is 13.1. The van der Waals surface area contributed by atoms with E-state index in [0.717, 1.165) is 40.7 Å². The molecule has 37 heavy (non-hydrogen) atoms.